The van der Waals surface area contributed by atoms with Crippen LogP contribution in [0.5, 0.6) is 5.75 Å². The van der Waals surface area contributed by atoms with Gasteiger partial charge in [0.2, 0.25) is 5.82 Å². The Bertz CT molecular complexity index is 938. The first kappa shape index (κ1) is 22.0. The predicted octanol–water partition coefficient (Wildman–Crippen LogP) is 8.05. The van der Waals surface area contributed by atoms with Crippen molar-refractivity contribution in [1.82, 2.24) is 0 Å². The molecule has 4 rings (SSSR count). The van der Waals surface area contributed by atoms with E-state index in [4.69, 9.17) is 4.74 Å². The zero-order valence-electron chi connectivity index (χ0n) is 18.2. The summed E-state index contributed by atoms with van der Waals surface area (Å²) >= 11 is 0. The van der Waals surface area contributed by atoms with Crippen LogP contribution in [0.2, 0.25) is 0 Å². The zero-order chi connectivity index (χ0) is 22.0. The van der Waals surface area contributed by atoms with Crippen LogP contribution in [-0.4, -0.2) is 7.11 Å². The van der Waals surface area contributed by atoms with Crippen molar-refractivity contribution < 1.29 is 17.9 Å². The van der Waals surface area contributed by atoms with Crippen LogP contribution in [0.3, 0.4) is 0 Å². The summed E-state index contributed by atoms with van der Waals surface area (Å²) in [5.41, 5.74) is 0.978. The predicted molar refractivity (Wildman–Crippen MR) is 119 cm³/mol. The van der Waals surface area contributed by atoms with Crippen molar-refractivity contribution >= 4 is 0 Å². The standard InChI is InChI=1S/C27H31F3O/c1-3-4-5-17-6-7-19-15-20(9-8-18(19)14-17)21-10-11-22(24(28)16-21)23-12-13-25(31-2)27(30)26(23)29/h3,10-13,16-20H,1,4-9,14-15H2,2H3. The molecule has 166 valence electrons. The number of allylic oxidation sites excluding steroid dienone is 1. The van der Waals surface area contributed by atoms with Crippen molar-refractivity contribution in [3.05, 3.63) is 66.0 Å². The van der Waals surface area contributed by atoms with Crippen LogP contribution >= 0.6 is 0 Å². The molecule has 2 saturated carbocycles. The number of methoxy groups -OCH3 is 1. The average molecular weight is 429 g/mol. The van der Waals surface area contributed by atoms with Crippen LogP contribution in [0, 0.1) is 35.2 Å². The van der Waals surface area contributed by atoms with Gasteiger partial charge in [0.1, 0.15) is 5.82 Å². The molecular weight excluding hydrogens is 397 g/mol. The SMILES string of the molecule is C=CCCC1CCC2CC(c3ccc(-c4ccc(OC)c(F)c4F)c(F)c3)CCC2C1. The van der Waals surface area contributed by atoms with Gasteiger partial charge in [0.05, 0.1) is 7.11 Å². The van der Waals surface area contributed by atoms with Gasteiger partial charge in [-0.25, -0.2) is 8.78 Å². The lowest BCUT2D eigenvalue weighted by Gasteiger charge is -2.42. The highest BCUT2D eigenvalue weighted by molar-refractivity contribution is 5.66. The first-order chi connectivity index (χ1) is 15.0. The first-order valence-electron chi connectivity index (χ1n) is 11.4. The van der Waals surface area contributed by atoms with Gasteiger partial charge in [0.25, 0.3) is 0 Å². The van der Waals surface area contributed by atoms with Gasteiger partial charge in [-0.3, -0.25) is 0 Å². The number of halogens is 3. The summed E-state index contributed by atoms with van der Waals surface area (Å²) in [6.45, 7) is 3.84. The Morgan fingerprint density at radius 3 is 2.42 bits per heavy atom. The van der Waals surface area contributed by atoms with Gasteiger partial charge in [0.15, 0.2) is 11.6 Å². The zero-order valence-corrected chi connectivity index (χ0v) is 18.2. The lowest BCUT2D eigenvalue weighted by atomic mass is 9.63. The molecule has 0 aromatic heterocycles. The number of hydrogen-bond donors (Lipinski definition) is 0. The molecule has 0 aliphatic heterocycles. The molecule has 0 bridgehead atoms. The normalized spacial score (nSPS) is 25.7. The second-order valence-corrected chi connectivity index (χ2v) is 9.26. The Morgan fingerprint density at radius 1 is 0.935 bits per heavy atom. The molecule has 2 aliphatic rings. The van der Waals surface area contributed by atoms with E-state index in [1.54, 1.807) is 6.07 Å². The highest BCUT2D eigenvalue weighted by Crippen LogP contribution is 2.48. The van der Waals surface area contributed by atoms with E-state index in [1.165, 1.54) is 57.4 Å². The third-order valence-electron chi connectivity index (χ3n) is 7.52. The van der Waals surface area contributed by atoms with Gasteiger partial charge in [-0.1, -0.05) is 24.6 Å². The third kappa shape index (κ3) is 4.53. The van der Waals surface area contributed by atoms with Gasteiger partial charge in [-0.05, 0) is 92.4 Å². The maximum absolute atomic E-state index is 15.0. The maximum Gasteiger partial charge on any atom is 0.201 e. The van der Waals surface area contributed by atoms with Crippen LogP contribution in [-0.2, 0) is 0 Å². The molecular formula is C27H31F3O. The Morgan fingerprint density at radius 2 is 1.68 bits per heavy atom. The number of fused-ring (bicyclic) bond motifs is 1. The molecule has 31 heavy (non-hydrogen) atoms. The van der Waals surface area contributed by atoms with Crippen molar-refractivity contribution in [1.29, 1.82) is 0 Å². The van der Waals surface area contributed by atoms with E-state index < -0.39 is 17.5 Å². The molecule has 4 atom stereocenters. The van der Waals surface area contributed by atoms with E-state index in [-0.39, 0.29) is 16.9 Å². The number of ether oxygens (including phenoxy) is 1. The van der Waals surface area contributed by atoms with E-state index in [0.717, 1.165) is 42.6 Å². The molecule has 2 aromatic rings. The minimum Gasteiger partial charge on any atom is -0.494 e. The summed E-state index contributed by atoms with van der Waals surface area (Å²) in [6, 6.07) is 7.70. The molecule has 4 heteroatoms. The minimum atomic E-state index is -1.09. The molecule has 0 heterocycles. The molecule has 2 fully saturated rings. The van der Waals surface area contributed by atoms with Crippen molar-refractivity contribution in [2.45, 2.75) is 57.3 Å². The number of benzene rings is 2. The molecule has 2 aliphatic carbocycles. The highest BCUT2D eigenvalue weighted by Gasteiger charge is 2.36. The topological polar surface area (TPSA) is 9.23 Å². The number of hydrogen-bond acceptors (Lipinski definition) is 1. The monoisotopic (exact) mass is 428 g/mol. The largest absolute Gasteiger partial charge is 0.494 e. The quantitative estimate of drug-likeness (QED) is 0.423. The summed E-state index contributed by atoms with van der Waals surface area (Å²) in [5, 5.41) is 0. The molecule has 0 amide bonds. The third-order valence-corrected chi connectivity index (χ3v) is 7.52. The van der Waals surface area contributed by atoms with Crippen molar-refractivity contribution in [2.75, 3.05) is 7.11 Å². The Labute approximate surface area is 183 Å². The van der Waals surface area contributed by atoms with Crippen LogP contribution in [0.4, 0.5) is 13.2 Å². The van der Waals surface area contributed by atoms with Gasteiger partial charge in [0, 0.05) is 11.1 Å². The van der Waals surface area contributed by atoms with Crippen LogP contribution in [0.15, 0.2) is 43.0 Å². The van der Waals surface area contributed by atoms with Gasteiger partial charge in [-0.15, -0.1) is 6.58 Å². The highest BCUT2D eigenvalue weighted by atomic mass is 19.2. The fourth-order valence-corrected chi connectivity index (χ4v) is 5.81. The van der Waals surface area contributed by atoms with Crippen LogP contribution in [0.25, 0.3) is 11.1 Å². The summed E-state index contributed by atoms with van der Waals surface area (Å²) in [4.78, 5) is 0. The summed E-state index contributed by atoms with van der Waals surface area (Å²) in [5.74, 6) is -0.190. The Kier molecular flexibility index (Phi) is 6.74. The summed E-state index contributed by atoms with van der Waals surface area (Å²) < 4.78 is 48.3. The molecule has 1 nitrogen and oxygen atoms in total. The van der Waals surface area contributed by atoms with E-state index in [0.29, 0.717) is 5.92 Å². The summed E-state index contributed by atoms with van der Waals surface area (Å²) in [7, 11) is 1.27. The van der Waals surface area contributed by atoms with Crippen molar-refractivity contribution in [3.63, 3.8) is 0 Å². The van der Waals surface area contributed by atoms with Crippen molar-refractivity contribution in [3.8, 4) is 16.9 Å². The Balaban J connectivity index is 1.47. The van der Waals surface area contributed by atoms with Crippen LogP contribution in [0.1, 0.15) is 62.8 Å². The Hall–Kier alpha value is -2.23. The molecule has 0 saturated heterocycles. The fourth-order valence-electron chi connectivity index (χ4n) is 5.81. The smallest absolute Gasteiger partial charge is 0.201 e. The van der Waals surface area contributed by atoms with Gasteiger partial charge in [-0.2, -0.15) is 4.39 Å². The van der Waals surface area contributed by atoms with E-state index in [1.807, 2.05) is 12.1 Å². The molecule has 0 radical (unpaired) electrons. The lowest BCUT2D eigenvalue weighted by molar-refractivity contribution is 0.115. The maximum atomic E-state index is 15.0. The van der Waals surface area contributed by atoms with E-state index in [2.05, 4.69) is 6.58 Å². The van der Waals surface area contributed by atoms with E-state index >= 15 is 0 Å². The summed E-state index contributed by atoms with van der Waals surface area (Å²) in [6.07, 6.45) is 11.6. The number of rotatable bonds is 6. The second-order valence-electron chi connectivity index (χ2n) is 9.26. The first-order valence-corrected chi connectivity index (χ1v) is 11.4. The van der Waals surface area contributed by atoms with Gasteiger partial charge < -0.3 is 4.74 Å². The minimum absolute atomic E-state index is 0.0797. The van der Waals surface area contributed by atoms with Crippen molar-refractivity contribution in [2.24, 2.45) is 17.8 Å². The second kappa shape index (κ2) is 9.50. The van der Waals surface area contributed by atoms with Gasteiger partial charge >= 0.3 is 0 Å². The molecule has 4 unspecified atom stereocenters. The fraction of sp³-hybridized carbons (Fsp3) is 0.481. The molecule has 0 spiro atoms. The lowest BCUT2D eigenvalue weighted by Crippen LogP contribution is -2.30. The molecule has 2 aromatic carbocycles. The average Bonchev–Trinajstić information content (AvgIpc) is 2.79. The molecule has 0 N–H and O–H groups in total. The van der Waals surface area contributed by atoms with Crippen LogP contribution < -0.4 is 4.74 Å². The van der Waals surface area contributed by atoms with E-state index in [9.17, 15) is 13.2 Å².